The van der Waals surface area contributed by atoms with Gasteiger partial charge in [0, 0.05) is 30.0 Å². The van der Waals surface area contributed by atoms with Crippen molar-refractivity contribution in [1.29, 1.82) is 0 Å². The van der Waals surface area contributed by atoms with E-state index in [9.17, 15) is 9.59 Å². The molecule has 0 aliphatic carbocycles. The molecular formula is C23H28N6O3S. The van der Waals surface area contributed by atoms with Crippen LogP contribution >= 0.6 is 11.8 Å². The number of aromatic nitrogens is 4. The summed E-state index contributed by atoms with van der Waals surface area (Å²) in [5.41, 5.74) is 2.38. The van der Waals surface area contributed by atoms with Crippen molar-refractivity contribution < 1.29 is 14.3 Å². The Hall–Kier alpha value is -2.88. The maximum Gasteiger partial charge on any atom is 0.410 e. The van der Waals surface area contributed by atoms with Crippen molar-refractivity contribution in [1.82, 2.24) is 30.0 Å². The molecule has 2 aliphatic heterocycles. The third-order valence-electron chi connectivity index (χ3n) is 6.88. The third-order valence-corrected chi connectivity index (χ3v) is 7.71. The van der Waals surface area contributed by atoms with Gasteiger partial charge in [-0.05, 0) is 24.8 Å². The highest BCUT2D eigenvalue weighted by molar-refractivity contribution is 7.99. The van der Waals surface area contributed by atoms with Crippen LogP contribution in [0.3, 0.4) is 0 Å². The van der Waals surface area contributed by atoms with E-state index in [1.54, 1.807) is 0 Å². The van der Waals surface area contributed by atoms with Crippen LogP contribution in [-0.2, 0) is 9.53 Å². The number of fused-ring (bicyclic) bond motifs is 3. The molecule has 4 heterocycles. The number of aromatic amines is 1. The van der Waals surface area contributed by atoms with Crippen LogP contribution in [0.15, 0.2) is 29.4 Å². The molecular weight excluding hydrogens is 440 g/mol. The fraction of sp³-hybridized carbons (Fsp3) is 0.522. The molecule has 2 aliphatic rings. The Bertz CT molecular complexity index is 1180. The van der Waals surface area contributed by atoms with Crippen molar-refractivity contribution in [2.24, 2.45) is 5.92 Å². The van der Waals surface area contributed by atoms with Crippen LogP contribution < -0.4 is 0 Å². The molecule has 10 heteroatoms. The second-order valence-corrected chi connectivity index (χ2v) is 9.74. The summed E-state index contributed by atoms with van der Waals surface area (Å²) in [6.45, 7) is 6.06. The van der Waals surface area contributed by atoms with Gasteiger partial charge in [0.1, 0.15) is 12.1 Å². The molecule has 5 rings (SSSR count). The van der Waals surface area contributed by atoms with Crippen LogP contribution in [0.1, 0.15) is 33.1 Å². The van der Waals surface area contributed by atoms with Crippen molar-refractivity contribution in [2.45, 2.75) is 50.4 Å². The van der Waals surface area contributed by atoms with E-state index in [1.165, 1.54) is 11.8 Å². The zero-order valence-electron chi connectivity index (χ0n) is 18.9. The van der Waals surface area contributed by atoms with Crippen molar-refractivity contribution in [2.75, 3.05) is 25.4 Å². The van der Waals surface area contributed by atoms with Crippen molar-refractivity contribution in [3.63, 3.8) is 0 Å². The number of carbonyl (C=O) groups is 2. The molecule has 2 amide bonds. The Morgan fingerprint density at radius 1 is 1.27 bits per heavy atom. The number of hydrogen-bond donors (Lipinski definition) is 1. The first-order valence-corrected chi connectivity index (χ1v) is 12.5. The molecule has 2 saturated heterocycles. The normalized spacial score (nSPS) is 20.5. The molecule has 9 nitrogen and oxygen atoms in total. The number of rotatable bonds is 6. The number of nitrogens with one attached hydrogen (secondary N) is 1. The summed E-state index contributed by atoms with van der Waals surface area (Å²) in [6, 6.07) is 8.14. The van der Waals surface area contributed by atoms with E-state index in [0.29, 0.717) is 36.4 Å². The number of ether oxygens (including phenoxy) is 1. The maximum absolute atomic E-state index is 12.8. The highest BCUT2D eigenvalue weighted by atomic mass is 32.2. The lowest BCUT2D eigenvalue weighted by atomic mass is 9.95. The third kappa shape index (κ3) is 4.23. The van der Waals surface area contributed by atoms with Gasteiger partial charge >= 0.3 is 6.09 Å². The van der Waals surface area contributed by atoms with Crippen molar-refractivity contribution in [3.05, 3.63) is 24.3 Å². The molecule has 2 unspecified atom stereocenters. The summed E-state index contributed by atoms with van der Waals surface area (Å²) >= 11 is 1.30. The lowest BCUT2D eigenvalue weighted by molar-refractivity contribution is -0.129. The average Bonchev–Trinajstić information content (AvgIpc) is 3.42. The van der Waals surface area contributed by atoms with Crippen LogP contribution in [0.5, 0.6) is 0 Å². The molecule has 1 aromatic carbocycles. The Balaban J connectivity index is 1.17. The lowest BCUT2D eigenvalue weighted by Crippen LogP contribution is -2.51. The Morgan fingerprint density at radius 3 is 2.85 bits per heavy atom. The number of benzene rings is 1. The fourth-order valence-corrected chi connectivity index (χ4v) is 5.44. The minimum Gasteiger partial charge on any atom is -0.447 e. The zero-order chi connectivity index (χ0) is 22.9. The molecule has 0 radical (unpaired) electrons. The molecule has 3 aromatic rings. The van der Waals surface area contributed by atoms with E-state index in [1.807, 2.05) is 34.1 Å². The number of piperidine rings is 1. The monoisotopic (exact) mass is 468 g/mol. The van der Waals surface area contributed by atoms with Gasteiger partial charge in [-0.2, -0.15) is 0 Å². The Morgan fingerprint density at radius 2 is 2.06 bits per heavy atom. The average molecular weight is 469 g/mol. The van der Waals surface area contributed by atoms with Crippen molar-refractivity contribution >= 4 is 45.8 Å². The highest BCUT2D eigenvalue weighted by Gasteiger charge is 2.41. The summed E-state index contributed by atoms with van der Waals surface area (Å²) in [5.74, 6) is 0.719. The number of amides is 2. The number of thioether (sulfide) groups is 1. The van der Waals surface area contributed by atoms with Gasteiger partial charge in [0.25, 0.3) is 0 Å². The van der Waals surface area contributed by atoms with E-state index < -0.39 is 0 Å². The van der Waals surface area contributed by atoms with E-state index in [0.717, 1.165) is 35.7 Å². The molecule has 2 atom stereocenters. The molecule has 0 saturated carbocycles. The summed E-state index contributed by atoms with van der Waals surface area (Å²) < 4.78 is 5.35. The van der Waals surface area contributed by atoms with Gasteiger partial charge < -0.3 is 14.6 Å². The van der Waals surface area contributed by atoms with Crippen LogP contribution in [0, 0.1) is 5.92 Å². The van der Waals surface area contributed by atoms with Crippen molar-refractivity contribution in [3.8, 4) is 0 Å². The molecule has 1 N–H and O–H groups in total. The fourth-order valence-electron chi connectivity index (χ4n) is 4.76. The topological polar surface area (TPSA) is 104 Å². The van der Waals surface area contributed by atoms with Gasteiger partial charge in [0.2, 0.25) is 11.1 Å². The number of nitrogens with zero attached hydrogens (tertiary/aromatic N) is 5. The second-order valence-electron chi connectivity index (χ2n) is 8.80. The summed E-state index contributed by atoms with van der Waals surface area (Å²) in [7, 11) is 0. The minimum absolute atomic E-state index is 0.0567. The van der Waals surface area contributed by atoms with Gasteiger partial charge in [-0.25, -0.2) is 9.78 Å². The van der Waals surface area contributed by atoms with Crippen LogP contribution in [0.4, 0.5) is 4.79 Å². The number of likely N-dealkylation sites (tertiary alicyclic amines) is 1. The maximum atomic E-state index is 12.8. The van der Waals surface area contributed by atoms with E-state index in [-0.39, 0.29) is 29.8 Å². The lowest BCUT2D eigenvalue weighted by Gasteiger charge is -2.39. The minimum atomic E-state index is -0.211. The smallest absolute Gasteiger partial charge is 0.410 e. The predicted molar refractivity (Wildman–Crippen MR) is 126 cm³/mol. The molecule has 2 fully saturated rings. The molecule has 33 heavy (non-hydrogen) atoms. The Labute approximate surface area is 196 Å². The zero-order valence-corrected chi connectivity index (χ0v) is 19.7. The number of cyclic esters (lactones) is 1. The number of para-hydroxylation sites is 1. The molecule has 2 aromatic heterocycles. The number of H-pyrrole nitrogens is 1. The second kappa shape index (κ2) is 9.17. The highest BCUT2D eigenvalue weighted by Crippen LogP contribution is 2.29. The number of hydrogen-bond acceptors (Lipinski definition) is 7. The predicted octanol–water partition coefficient (Wildman–Crippen LogP) is 3.46. The molecule has 174 valence electrons. The summed E-state index contributed by atoms with van der Waals surface area (Å²) in [5, 5.41) is 9.98. The quantitative estimate of drug-likeness (QED) is 0.553. The van der Waals surface area contributed by atoms with Gasteiger partial charge in [-0.3, -0.25) is 9.69 Å². The van der Waals surface area contributed by atoms with Gasteiger partial charge in [-0.15, -0.1) is 10.2 Å². The first kappa shape index (κ1) is 21.9. The van der Waals surface area contributed by atoms with Crippen LogP contribution in [0.2, 0.25) is 0 Å². The molecule has 0 bridgehead atoms. The van der Waals surface area contributed by atoms with Crippen LogP contribution in [0.25, 0.3) is 22.1 Å². The van der Waals surface area contributed by atoms with Gasteiger partial charge in [-0.1, -0.05) is 50.2 Å². The summed E-state index contributed by atoms with van der Waals surface area (Å²) in [4.78, 5) is 36.7. The van der Waals surface area contributed by atoms with E-state index >= 15 is 0 Å². The first-order valence-electron chi connectivity index (χ1n) is 11.5. The molecule has 0 spiro atoms. The van der Waals surface area contributed by atoms with Crippen LogP contribution in [-0.4, -0.2) is 79.5 Å². The first-order chi connectivity index (χ1) is 16.0. The Kier molecular flexibility index (Phi) is 6.09. The van der Waals surface area contributed by atoms with Gasteiger partial charge in [0.15, 0.2) is 5.65 Å². The summed E-state index contributed by atoms with van der Waals surface area (Å²) in [6.07, 6.45) is 2.35. The van der Waals surface area contributed by atoms with E-state index in [2.05, 4.69) is 34.0 Å². The largest absolute Gasteiger partial charge is 0.447 e. The SMILES string of the molecule is CCC(C)C1COC(=O)N1C1CCN(C(=O)CSc2nnc3c(n2)[nH]c2ccccc23)CC1. The van der Waals surface area contributed by atoms with Gasteiger partial charge in [0.05, 0.1) is 11.8 Å². The number of carbonyl (C=O) groups excluding carboxylic acids is 2. The van der Waals surface area contributed by atoms with E-state index in [4.69, 9.17) is 4.74 Å². The standard InChI is InChI=1S/C23H28N6O3S/c1-3-14(2)18-12-32-23(31)29(18)15-8-10-28(11-9-15)19(30)13-33-22-25-21-20(26-27-22)16-6-4-5-7-17(16)24-21/h4-7,14-15,18H,3,8-13H2,1-2H3,(H,24,25,27).